The molecular formula is C24H21IN2O4S. The van der Waals surface area contributed by atoms with Crippen LogP contribution >= 0.6 is 33.9 Å². The summed E-state index contributed by atoms with van der Waals surface area (Å²) < 4.78 is 13.7. The summed E-state index contributed by atoms with van der Waals surface area (Å²) in [6.07, 6.45) is 1.84. The second-order valence-electron chi connectivity index (χ2n) is 7.11. The average Bonchev–Trinajstić information content (AvgIpc) is 3.08. The van der Waals surface area contributed by atoms with Gasteiger partial charge in [0.05, 0.1) is 39.1 Å². The van der Waals surface area contributed by atoms with Crippen molar-refractivity contribution in [1.29, 1.82) is 0 Å². The molecular weight excluding hydrogens is 539 g/mol. The maximum absolute atomic E-state index is 13.5. The van der Waals surface area contributed by atoms with Crippen molar-refractivity contribution >= 4 is 46.0 Å². The molecule has 0 unspecified atom stereocenters. The Labute approximate surface area is 202 Å². The molecule has 0 amide bonds. The van der Waals surface area contributed by atoms with Crippen LogP contribution in [0.4, 0.5) is 0 Å². The number of carbonyl (C=O) groups excluding carboxylic acids is 1. The topological polar surface area (TPSA) is 69.9 Å². The standard InChI is InChI=1S/C24H21IN2O4S/c1-4-31-23(29)20-14(2)26-24-27(21(20)16-8-6-5-7-9-16)22(28)19(32-24)13-15-10-11-18(30-3)17(25)12-15/h5-13,21H,4H2,1-3H3/b19-13-/t21-/m1/s1. The highest BCUT2D eigenvalue weighted by Crippen LogP contribution is 2.30. The van der Waals surface area contributed by atoms with Gasteiger partial charge in [-0.15, -0.1) is 0 Å². The van der Waals surface area contributed by atoms with Crippen LogP contribution in [0.5, 0.6) is 5.75 Å². The zero-order chi connectivity index (χ0) is 22.8. The zero-order valence-electron chi connectivity index (χ0n) is 17.8. The van der Waals surface area contributed by atoms with Gasteiger partial charge in [-0.25, -0.2) is 9.79 Å². The molecule has 0 radical (unpaired) electrons. The van der Waals surface area contributed by atoms with E-state index in [0.717, 1.165) is 20.4 Å². The molecule has 6 nitrogen and oxygen atoms in total. The third-order valence-corrected chi connectivity index (χ3v) is 6.93. The molecule has 1 aromatic heterocycles. The van der Waals surface area contributed by atoms with E-state index >= 15 is 0 Å². The Kier molecular flexibility index (Phi) is 6.61. The number of nitrogens with zero attached hydrogens (tertiary/aromatic N) is 2. The van der Waals surface area contributed by atoms with E-state index < -0.39 is 12.0 Å². The van der Waals surface area contributed by atoms with Crippen molar-refractivity contribution in [1.82, 2.24) is 4.57 Å². The quantitative estimate of drug-likeness (QED) is 0.355. The van der Waals surface area contributed by atoms with Gasteiger partial charge in [0.25, 0.3) is 5.56 Å². The van der Waals surface area contributed by atoms with Crippen molar-refractivity contribution in [2.24, 2.45) is 4.99 Å². The van der Waals surface area contributed by atoms with E-state index in [4.69, 9.17) is 9.47 Å². The molecule has 0 saturated heterocycles. The molecule has 2 aromatic carbocycles. The Balaban J connectivity index is 1.92. The van der Waals surface area contributed by atoms with Gasteiger partial charge in [0.1, 0.15) is 5.75 Å². The van der Waals surface area contributed by atoms with E-state index in [1.165, 1.54) is 11.3 Å². The molecule has 2 heterocycles. The summed E-state index contributed by atoms with van der Waals surface area (Å²) in [4.78, 5) is 31.5. The van der Waals surface area contributed by atoms with Gasteiger partial charge < -0.3 is 9.47 Å². The van der Waals surface area contributed by atoms with Crippen molar-refractivity contribution < 1.29 is 14.3 Å². The molecule has 1 atom stereocenters. The average molecular weight is 560 g/mol. The number of hydrogen-bond donors (Lipinski definition) is 0. The molecule has 1 aliphatic heterocycles. The summed E-state index contributed by atoms with van der Waals surface area (Å²) in [7, 11) is 1.63. The van der Waals surface area contributed by atoms with E-state index in [0.29, 0.717) is 20.6 Å². The first-order chi connectivity index (χ1) is 15.4. The molecule has 1 aliphatic rings. The smallest absolute Gasteiger partial charge is 0.338 e. The second-order valence-corrected chi connectivity index (χ2v) is 9.28. The van der Waals surface area contributed by atoms with E-state index in [2.05, 4.69) is 27.6 Å². The number of allylic oxidation sites excluding steroid dienone is 1. The first-order valence-corrected chi connectivity index (χ1v) is 11.9. The Morgan fingerprint density at radius 2 is 2.00 bits per heavy atom. The van der Waals surface area contributed by atoms with Crippen LogP contribution in [0.3, 0.4) is 0 Å². The van der Waals surface area contributed by atoms with Crippen LogP contribution in [0.15, 0.2) is 69.6 Å². The predicted molar refractivity (Wildman–Crippen MR) is 133 cm³/mol. The third-order valence-electron chi connectivity index (χ3n) is 5.11. The number of thiazole rings is 1. The molecule has 0 fully saturated rings. The molecule has 0 saturated carbocycles. The van der Waals surface area contributed by atoms with E-state index in [9.17, 15) is 9.59 Å². The fraction of sp³-hybridized carbons (Fsp3) is 0.208. The lowest BCUT2D eigenvalue weighted by molar-refractivity contribution is -0.139. The van der Waals surface area contributed by atoms with Gasteiger partial charge in [-0.1, -0.05) is 47.7 Å². The second kappa shape index (κ2) is 9.41. The Bertz CT molecular complexity index is 1390. The first kappa shape index (κ1) is 22.5. The van der Waals surface area contributed by atoms with Gasteiger partial charge in [-0.05, 0) is 65.8 Å². The molecule has 0 bridgehead atoms. The van der Waals surface area contributed by atoms with Crippen LogP contribution < -0.4 is 19.6 Å². The number of halogens is 1. The fourth-order valence-electron chi connectivity index (χ4n) is 3.67. The molecule has 3 aromatic rings. The Morgan fingerprint density at radius 3 is 2.66 bits per heavy atom. The minimum Gasteiger partial charge on any atom is -0.496 e. The van der Waals surface area contributed by atoms with Gasteiger partial charge in [-0.3, -0.25) is 9.36 Å². The monoisotopic (exact) mass is 560 g/mol. The summed E-state index contributed by atoms with van der Waals surface area (Å²) in [5, 5.41) is 0. The first-order valence-electron chi connectivity index (χ1n) is 10.0. The molecule has 0 aliphatic carbocycles. The Morgan fingerprint density at radius 1 is 1.25 bits per heavy atom. The predicted octanol–water partition coefficient (Wildman–Crippen LogP) is 3.41. The Hall–Kier alpha value is -2.72. The minimum absolute atomic E-state index is 0.192. The largest absolute Gasteiger partial charge is 0.496 e. The number of fused-ring (bicyclic) bond motifs is 1. The van der Waals surface area contributed by atoms with E-state index in [1.807, 2.05) is 54.6 Å². The number of esters is 1. The van der Waals surface area contributed by atoms with E-state index in [1.54, 1.807) is 25.5 Å². The zero-order valence-corrected chi connectivity index (χ0v) is 20.8. The highest BCUT2D eigenvalue weighted by Gasteiger charge is 2.33. The maximum atomic E-state index is 13.5. The highest BCUT2D eigenvalue weighted by molar-refractivity contribution is 14.1. The summed E-state index contributed by atoms with van der Waals surface area (Å²) in [6, 6.07) is 14.6. The minimum atomic E-state index is -0.593. The van der Waals surface area contributed by atoms with Crippen LogP contribution in [0.1, 0.15) is 31.0 Å². The number of methoxy groups -OCH3 is 1. The molecule has 0 N–H and O–H groups in total. The number of rotatable bonds is 5. The van der Waals surface area contributed by atoms with Crippen molar-refractivity contribution in [3.8, 4) is 5.75 Å². The summed E-state index contributed by atoms with van der Waals surface area (Å²) in [5.41, 5.74) is 2.47. The van der Waals surface area contributed by atoms with Crippen LogP contribution in [0, 0.1) is 3.57 Å². The lowest BCUT2D eigenvalue weighted by atomic mass is 9.96. The molecule has 32 heavy (non-hydrogen) atoms. The number of hydrogen-bond acceptors (Lipinski definition) is 6. The van der Waals surface area contributed by atoms with Gasteiger partial charge in [0.2, 0.25) is 0 Å². The fourth-order valence-corrected chi connectivity index (χ4v) is 5.47. The molecule has 164 valence electrons. The summed E-state index contributed by atoms with van der Waals surface area (Å²) in [5.74, 6) is 0.324. The van der Waals surface area contributed by atoms with Gasteiger partial charge in [-0.2, -0.15) is 0 Å². The number of ether oxygens (including phenoxy) is 2. The SMILES string of the molecule is CCOC(=O)C1=C(C)N=c2s/c(=C\c3ccc(OC)c(I)c3)c(=O)n2[C@@H]1c1ccccc1. The molecule has 4 rings (SSSR count). The number of aromatic nitrogens is 1. The normalized spacial score (nSPS) is 15.9. The van der Waals surface area contributed by atoms with Gasteiger partial charge in [0, 0.05) is 0 Å². The number of benzene rings is 2. The van der Waals surface area contributed by atoms with Crippen LogP contribution in [-0.4, -0.2) is 24.3 Å². The maximum Gasteiger partial charge on any atom is 0.338 e. The molecule has 8 heteroatoms. The molecule has 0 spiro atoms. The van der Waals surface area contributed by atoms with Crippen molar-refractivity contribution in [2.75, 3.05) is 13.7 Å². The lowest BCUT2D eigenvalue weighted by Crippen LogP contribution is -2.39. The van der Waals surface area contributed by atoms with E-state index in [-0.39, 0.29) is 12.2 Å². The third kappa shape index (κ3) is 4.16. The number of carbonyl (C=O) groups is 1. The van der Waals surface area contributed by atoms with Crippen molar-refractivity contribution in [3.05, 3.63) is 94.2 Å². The van der Waals surface area contributed by atoms with Crippen LogP contribution in [0.25, 0.3) is 6.08 Å². The van der Waals surface area contributed by atoms with Gasteiger partial charge >= 0.3 is 5.97 Å². The lowest BCUT2D eigenvalue weighted by Gasteiger charge is -2.24. The van der Waals surface area contributed by atoms with Crippen LogP contribution in [0.2, 0.25) is 0 Å². The highest BCUT2D eigenvalue weighted by atomic mass is 127. The van der Waals surface area contributed by atoms with Crippen LogP contribution in [-0.2, 0) is 9.53 Å². The summed E-state index contributed by atoms with van der Waals surface area (Å²) >= 11 is 3.51. The van der Waals surface area contributed by atoms with Crippen molar-refractivity contribution in [3.63, 3.8) is 0 Å². The van der Waals surface area contributed by atoms with Gasteiger partial charge in [0.15, 0.2) is 4.80 Å². The van der Waals surface area contributed by atoms with Crippen molar-refractivity contribution in [2.45, 2.75) is 19.9 Å². The summed E-state index contributed by atoms with van der Waals surface area (Å²) in [6.45, 7) is 3.79.